The molecule has 7 heteroatoms. The predicted octanol–water partition coefficient (Wildman–Crippen LogP) is 2.33. The molecule has 1 fully saturated rings. The van der Waals surface area contributed by atoms with E-state index in [4.69, 9.17) is 0 Å². The number of alkyl halides is 3. The highest BCUT2D eigenvalue weighted by Crippen LogP contribution is 2.32. The standard InChI is InChI=1S/C13H14F4N2O/c14-11-9(4-1-5-10(11)13(15,16)17)12(20)19-8-3-2-6-18-7-8/h1,4-5,8,18H,2-3,6-7H2,(H,19,20)/t8-/m1/s1. The fourth-order valence-electron chi connectivity index (χ4n) is 2.16. The third kappa shape index (κ3) is 3.27. The normalized spacial score (nSPS) is 19.7. The lowest BCUT2D eigenvalue weighted by Gasteiger charge is -2.24. The van der Waals surface area contributed by atoms with Crippen molar-refractivity contribution in [3.63, 3.8) is 0 Å². The van der Waals surface area contributed by atoms with E-state index >= 15 is 0 Å². The van der Waals surface area contributed by atoms with E-state index in [9.17, 15) is 22.4 Å². The molecular weight excluding hydrogens is 276 g/mol. The maximum atomic E-state index is 13.8. The quantitative estimate of drug-likeness (QED) is 0.821. The minimum absolute atomic E-state index is 0.190. The number of hydrogen-bond donors (Lipinski definition) is 2. The first-order valence-electron chi connectivity index (χ1n) is 6.27. The summed E-state index contributed by atoms with van der Waals surface area (Å²) >= 11 is 0. The van der Waals surface area contributed by atoms with Crippen molar-refractivity contribution in [2.75, 3.05) is 13.1 Å². The van der Waals surface area contributed by atoms with Gasteiger partial charge in [-0.25, -0.2) is 4.39 Å². The Balaban J connectivity index is 2.17. The molecule has 2 rings (SSSR count). The van der Waals surface area contributed by atoms with E-state index in [2.05, 4.69) is 10.6 Å². The van der Waals surface area contributed by atoms with Crippen LogP contribution in [0.15, 0.2) is 18.2 Å². The molecule has 20 heavy (non-hydrogen) atoms. The van der Waals surface area contributed by atoms with Crippen molar-refractivity contribution in [3.05, 3.63) is 35.1 Å². The fraction of sp³-hybridized carbons (Fsp3) is 0.462. The molecule has 1 atom stereocenters. The maximum absolute atomic E-state index is 13.8. The highest BCUT2D eigenvalue weighted by molar-refractivity contribution is 5.94. The van der Waals surface area contributed by atoms with Gasteiger partial charge in [0.1, 0.15) is 5.82 Å². The Hall–Kier alpha value is -1.63. The number of piperidine rings is 1. The Kier molecular flexibility index (Phi) is 4.27. The lowest BCUT2D eigenvalue weighted by Crippen LogP contribution is -2.45. The summed E-state index contributed by atoms with van der Waals surface area (Å²) in [5.41, 5.74) is -2.00. The number of hydrogen-bond acceptors (Lipinski definition) is 2. The van der Waals surface area contributed by atoms with Gasteiger partial charge >= 0.3 is 6.18 Å². The molecule has 1 aromatic carbocycles. The first-order chi connectivity index (χ1) is 9.39. The molecular formula is C13H14F4N2O. The van der Waals surface area contributed by atoms with E-state index in [1.54, 1.807) is 0 Å². The zero-order valence-electron chi connectivity index (χ0n) is 10.6. The third-order valence-corrected chi connectivity index (χ3v) is 3.18. The van der Waals surface area contributed by atoms with Gasteiger partial charge in [-0.05, 0) is 31.5 Å². The number of carbonyl (C=O) groups excluding carboxylic acids is 1. The van der Waals surface area contributed by atoms with E-state index in [0.29, 0.717) is 12.6 Å². The van der Waals surface area contributed by atoms with Crippen LogP contribution in [0.25, 0.3) is 0 Å². The van der Waals surface area contributed by atoms with E-state index < -0.39 is 29.0 Å². The molecule has 0 spiro atoms. The molecule has 1 heterocycles. The molecule has 1 aromatic rings. The van der Waals surface area contributed by atoms with Crippen molar-refractivity contribution >= 4 is 5.91 Å². The first-order valence-corrected chi connectivity index (χ1v) is 6.27. The van der Waals surface area contributed by atoms with E-state index in [0.717, 1.165) is 31.5 Å². The van der Waals surface area contributed by atoms with E-state index in [1.807, 2.05) is 0 Å². The molecule has 0 saturated carbocycles. The van der Waals surface area contributed by atoms with Crippen LogP contribution >= 0.6 is 0 Å². The van der Waals surface area contributed by atoms with E-state index in [-0.39, 0.29) is 6.04 Å². The average molecular weight is 290 g/mol. The number of amides is 1. The molecule has 2 N–H and O–H groups in total. The van der Waals surface area contributed by atoms with Gasteiger partial charge < -0.3 is 10.6 Å². The van der Waals surface area contributed by atoms with Crippen molar-refractivity contribution < 1.29 is 22.4 Å². The fourth-order valence-corrected chi connectivity index (χ4v) is 2.16. The van der Waals surface area contributed by atoms with Crippen LogP contribution < -0.4 is 10.6 Å². The highest BCUT2D eigenvalue weighted by atomic mass is 19.4. The SMILES string of the molecule is O=C(N[C@@H]1CCCNC1)c1cccc(C(F)(F)F)c1F. The van der Waals surface area contributed by atoms with Crippen LogP contribution in [0, 0.1) is 5.82 Å². The predicted molar refractivity (Wildman–Crippen MR) is 64.8 cm³/mol. The van der Waals surface area contributed by atoms with Crippen LogP contribution in [0.5, 0.6) is 0 Å². The Morgan fingerprint density at radius 1 is 1.35 bits per heavy atom. The van der Waals surface area contributed by atoms with Crippen LogP contribution in [-0.4, -0.2) is 25.0 Å². The number of benzene rings is 1. The first kappa shape index (κ1) is 14.8. The monoisotopic (exact) mass is 290 g/mol. The largest absolute Gasteiger partial charge is 0.419 e. The smallest absolute Gasteiger partial charge is 0.348 e. The maximum Gasteiger partial charge on any atom is 0.419 e. The molecule has 1 aliphatic rings. The van der Waals surface area contributed by atoms with Crippen molar-refractivity contribution in [3.8, 4) is 0 Å². The molecule has 0 radical (unpaired) electrons. The van der Waals surface area contributed by atoms with Gasteiger partial charge in [-0.3, -0.25) is 4.79 Å². The number of nitrogens with one attached hydrogen (secondary N) is 2. The van der Waals surface area contributed by atoms with Crippen molar-refractivity contribution in [1.82, 2.24) is 10.6 Å². The van der Waals surface area contributed by atoms with Crippen molar-refractivity contribution in [2.24, 2.45) is 0 Å². The Labute approximate surface area is 113 Å². The molecule has 1 aliphatic heterocycles. The zero-order valence-corrected chi connectivity index (χ0v) is 10.6. The van der Waals surface area contributed by atoms with Gasteiger partial charge in [-0.2, -0.15) is 13.2 Å². The molecule has 110 valence electrons. The van der Waals surface area contributed by atoms with Gasteiger partial charge in [0.25, 0.3) is 5.91 Å². The summed E-state index contributed by atoms with van der Waals surface area (Å²) in [6, 6.07) is 2.51. The van der Waals surface area contributed by atoms with Crippen LogP contribution in [-0.2, 0) is 6.18 Å². The lowest BCUT2D eigenvalue weighted by molar-refractivity contribution is -0.140. The summed E-state index contributed by atoms with van der Waals surface area (Å²) in [6.07, 6.45) is -3.23. The molecule has 0 bridgehead atoms. The van der Waals surface area contributed by atoms with E-state index in [1.165, 1.54) is 0 Å². The molecule has 0 aliphatic carbocycles. The third-order valence-electron chi connectivity index (χ3n) is 3.18. The topological polar surface area (TPSA) is 41.1 Å². The number of halogens is 4. The van der Waals surface area contributed by atoms with Crippen molar-refractivity contribution in [2.45, 2.75) is 25.1 Å². The van der Waals surface area contributed by atoms with Gasteiger partial charge in [0.05, 0.1) is 11.1 Å². The second kappa shape index (κ2) is 5.78. The molecule has 1 amide bonds. The summed E-state index contributed by atoms with van der Waals surface area (Å²) in [4.78, 5) is 11.9. The van der Waals surface area contributed by atoms with Crippen LogP contribution in [0.2, 0.25) is 0 Å². The summed E-state index contributed by atoms with van der Waals surface area (Å²) in [7, 11) is 0. The van der Waals surface area contributed by atoms with Crippen LogP contribution in [0.3, 0.4) is 0 Å². The highest BCUT2D eigenvalue weighted by Gasteiger charge is 2.35. The molecule has 0 unspecified atom stereocenters. The molecule has 3 nitrogen and oxygen atoms in total. The van der Waals surface area contributed by atoms with Gasteiger partial charge in [0, 0.05) is 12.6 Å². The number of rotatable bonds is 2. The summed E-state index contributed by atoms with van der Waals surface area (Å²) in [5, 5.41) is 5.60. The van der Waals surface area contributed by atoms with Crippen molar-refractivity contribution in [1.29, 1.82) is 0 Å². The second-order valence-corrected chi connectivity index (χ2v) is 4.68. The zero-order chi connectivity index (χ0) is 14.8. The summed E-state index contributed by atoms with van der Waals surface area (Å²) in [5.74, 6) is -2.34. The number of carbonyl (C=O) groups is 1. The Morgan fingerprint density at radius 3 is 2.70 bits per heavy atom. The summed E-state index contributed by atoms with van der Waals surface area (Å²) in [6.45, 7) is 1.37. The minimum Gasteiger partial charge on any atom is -0.348 e. The second-order valence-electron chi connectivity index (χ2n) is 4.68. The van der Waals surface area contributed by atoms with Gasteiger partial charge in [-0.1, -0.05) is 6.07 Å². The van der Waals surface area contributed by atoms with Gasteiger partial charge in [-0.15, -0.1) is 0 Å². The lowest BCUT2D eigenvalue weighted by atomic mass is 10.1. The average Bonchev–Trinajstić information content (AvgIpc) is 2.38. The van der Waals surface area contributed by atoms with Gasteiger partial charge in [0.15, 0.2) is 0 Å². The molecule has 0 aromatic heterocycles. The molecule has 1 saturated heterocycles. The van der Waals surface area contributed by atoms with Gasteiger partial charge in [0.2, 0.25) is 0 Å². The van der Waals surface area contributed by atoms with Crippen LogP contribution in [0.1, 0.15) is 28.8 Å². The Bertz CT molecular complexity index is 496. The summed E-state index contributed by atoms with van der Waals surface area (Å²) < 4.78 is 51.5. The minimum atomic E-state index is -4.81. The van der Waals surface area contributed by atoms with Crippen LogP contribution in [0.4, 0.5) is 17.6 Å². The Morgan fingerprint density at radius 2 is 2.10 bits per heavy atom.